The van der Waals surface area contributed by atoms with Gasteiger partial charge in [-0.05, 0) is 124 Å². The van der Waals surface area contributed by atoms with E-state index in [-0.39, 0.29) is 35.9 Å². The molecule has 3 fully saturated rings. The SMILES string of the molecule is C/C=C1\C(=NC(C)CC)C(c2cc(O)cc3ccc(F)c(CC)c23)=C(F)C(C)=C1/C(=N\C(=C\CCC)OCC1(CN2CCC(F)CC2)CC1)N1CCOCC(C)(O)C1. The third-order valence-electron chi connectivity index (χ3n) is 12.0. The molecule has 0 amide bonds. The molecule has 11 heteroatoms. The van der Waals surface area contributed by atoms with E-state index in [9.17, 15) is 14.6 Å². The van der Waals surface area contributed by atoms with Gasteiger partial charge in [-0.1, -0.05) is 39.3 Å². The second-order valence-corrected chi connectivity index (χ2v) is 17.1. The highest BCUT2D eigenvalue weighted by molar-refractivity contribution is 6.39. The smallest absolute Gasteiger partial charge is 0.211 e. The van der Waals surface area contributed by atoms with Crippen molar-refractivity contribution in [3.63, 3.8) is 0 Å². The van der Waals surface area contributed by atoms with Crippen LogP contribution in [0.1, 0.15) is 105 Å². The Balaban J connectivity index is 1.55. The van der Waals surface area contributed by atoms with E-state index in [4.69, 9.17) is 19.5 Å². The van der Waals surface area contributed by atoms with E-state index < -0.39 is 23.4 Å². The second kappa shape index (κ2) is 18.6. The Morgan fingerprint density at radius 1 is 1.12 bits per heavy atom. The van der Waals surface area contributed by atoms with Crippen molar-refractivity contribution < 1.29 is 32.9 Å². The van der Waals surface area contributed by atoms with E-state index in [1.54, 1.807) is 26.0 Å². The molecule has 6 rings (SSSR count). The minimum atomic E-state index is -1.23. The molecule has 316 valence electrons. The first kappa shape index (κ1) is 43.6. The number of nitrogens with zero attached hydrogens (tertiary/aromatic N) is 4. The molecular formula is C47H63F3N4O4. The van der Waals surface area contributed by atoms with E-state index in [1.807, 2.05) is 44.7 Å². The number of unbranched alkanes of at least 4 members (excludes halogenated alkanes) is 1. The molecule has 2 atom stereocenters. The number of hydrogen-bond donors (Lipinski definition) is 2. The van der Waals surface area contributed by atoms with Crippen LogP contribution in [0.3, 0.4) is 0 Å². The number of alkyl halides is 1. The van der Waals surface area contributed by atoms with Gasteiger partial charge in [-0.2, -0.15) is 4.99 Å². The van der Waals surface area contributed by atoms with Crippen LogP contribution in [0, 0.1) is 11.2 Å². The highest BCUT2D eigenvalue weighted by Crippen LogP contribution is 2.48. The number of amidine groups is 1. The molecule has 8 nitrogen and oxygen atoms in total. The number of fused-ring (bicyclic) bond motifs is 1. The van der Waals surface area contributed by atoms with Gasteiger partial charge in [-0.15, -0.1) is 0 Å². The summed E-state index contributed by atoms with van der Waals surface area (Å²) < 4.78 is 59.8. The number of aliphatic hydroxyl groups is 1. The summed E-state index contributed by atoms with van der Waals surface area (Å²) in [5.41, 5.74) is 1.53. The minimum absolute atomic E-state index is 0.0422. The van der Waals surface area contributed by atoms with Gasteiger partial charge in [-0.25, -0.2) is 13.2 Å². The summed E-state index contributed by atoms with van der Waals surface area (Å²) in [6, 6.07) is 5.89. The van der Waals surface area contributed by atoms with Crippen molar-refractivity contribution in [2.75, 3.05) is 52.5 Å². The van der Waals surface area contributed by atoms with Gasteiger partial charge in [0.2, 0.25) is 5.88 Å². The average Bonchev–Trinajstić information content (AvgIpc) is 3.99. The molecule has 2 aliphatic carbocycles. The molecule has 2 aliphatic heterocycles. The third-order valence-corrected chi connectivity index (χ3v) is 12.0. The second-order valence-electron chi connectivity index (χ2n) is 17.1. The quantitative estimate of drug-likeness (QED) is 0.119. The number of phenolic OH excluding ortho intramolecular Hbond substituents is 1. The van der Waals surface area contributed by atoms with Crippen molar-refractivity contribution >= 4 is 27.9 Å². The molecule has 2 aromatic rings. The van der Waals surface area contributed by atoms with Gasteiger partial charge in [0.15, 0.2) is 0 Å². The molecule has 0 aromatic heterocycles. The zero-order valence-corrected chi connectivity index (χ0v) is 35.6. The monoisotopic (exact) mass is 804 g/mol. The van der Waals surface area contributed by atoms with Crippen LogP contribution >= 0.6 is 0 Å². The number of aryl methyl sites for hydroxylation is 1. The van der Waals surface area contributed by atoms with Crippen LogP contribution < -0.4 is 0 Å². The molecule has 58 heavy (non-hydrogen) atoms. The van der Waals surface area contributed by atoms with E-state index in [2.05, 4.69) is 11.8 Å². The molecule has 2 heterocycles. The summed E-state index contributed by atoms with van der Waals surface area (Å²) in [4.78, 5) is 14.8. The maximum Gasteiger partial charge on any atom is 0.211 e. The largest absolute Gasteiger partial charge is 0.508 e. The molecule has 0 radical (unpaired) electrons. The Hall–Kier alpha value is -3.93. The third kappa shape index (κ3) is 9.74. The Bertz CT molecular complexity index is 2020. The Labute approximate surface area is 342 Å². The number of aromatic hydroxyl groups is 1. The highest BCUT2D eigenvalue weighted by atomic mass is 19.1. The standard InChI is InChI=1S/C47H63F3N4O4/c1-8-12-13-39(58-29-47(18-19-47)27-53-20-16-33(48)17-21-53)52-45(54-22-23-57-28-46(7,56)26-54)40-31(6)43(50)42(44(36(40)11-4)51-30(5)9-2)37-25-34(55)24-32-14-15-38(49)35(10-3)41(32)37/h11,13-15,24-25,30,33,55-56H,8-10,12,16-23,26-29H2,1-7H3/b36-11-,39-13-,51-44?,52-45+. The van der Waals surface area contributed by atoms with Crippen LogP contribution in [0.15, 0.2) is 74.8 Å². The molecular weight excluding hydrogens is 742 g/mol. The number of rotatable bonds is 13. The normalized spacial score (nSPS) is 24.6. The molecule has 4 aliphatic rings. The number of aliphatic imine (C=N–C) groups is 2. The zero-order chi connectivity index (χ0) is 41.8. The molecule has 2 saturated heterocycles. The first-order chi connectivity index (χ1) is 27.7. The number of ether oxygens (including phenoxy) is 2. The summed E-state index contributed by atoms with van der Waals surface area (Å²) in [5.74, 6) is -0.164. The number of β-amino-alcohol motifs (C(OH)–C–C–N with tert-alkyl or cyclic N) is 1. The molecule has 0 spiro atoms. The van der Waals surface area contributed by atoms with Crippen molar-refractivity contribution in [2.45, 2.75) is 118 Å². The summed E-state index contributed by atoms with van der Waals surface area (Å²) in [6.45, 7) is 17.1. The minimum Gasteiger partial charge on any atom is -0.508 e. The van der Waals surface area contributed by atoms with Crippen LogP contribution in [-0.2, 0) is 15.9 Å². The first-order valence-electron chi connectivity index (χ1n) is 21.4. The van der Waals surface area contributed by atoms with E-state index >= 15 is 8.78 Å². The lowest BCUT2D eigenvalue weighted by atomic mass is 9.79. The lowest BCUT2D eigenvalue weighted by molar-refractivity contribution is -0.0180. The number of benzene rings is 2. The Morgan fingerprint density at radius 3 is 2.52 bits per heavy atom. The summed E-state index contributed by atoms with van der Waals surface area (Å²) in [5, 5.41) is 23.6. The van der Waals surface area contributed by atoms with Gasteiger partial charge in [0.25, 0.3) is 0 Å². The van der Waals surface area contributed by atoms with E-state index in [1.165, 1.54) is 12.1 Å². The topological polar surface area (TPSA) is 90.1 Å². The fourth-order valence-electron chi connectivity index (χ4n) is 8.42. The van der Waals surface area contributed by atoms with Crippen LogP contribution in [0.2, 0.25) is 0 Å². The van der Waals surface area contributed by atoms with Gasteiger partial charge in [-0.3, -0.25) is 4.99 Å². The number of halogens is 3. The predicted molar refractivity (Wildman–Crippen MR) is 228 cm³/mol. The fourth-order valence-corrected chi connectivity index (χ4v) is 8.42. The number of hydrogen-bond acceptors (Lipinski definition) is 7. The lowest BCUT2D eigenvalue weighted by Gasteiger charge is -2.35. The van der Waals surface area contributed by atoms with Crippen molar-refractivity contribution in [2.24, 2.45) is 15.4 Å². The number of piperidine rings is 1. The van der Waals surface area contributed by atoms with Gasteiger partial charge < -0.3 is 29.5 Å². The molecule has 0 bridgehead atoms. The van der Waals surface area contributed by atoms with Crippen LogP contribution in [0.4, 0.5) is 13.2 Å². The van der Waals surface area contributed by atoms with Crippen LogP contribution in [-0.4, -0.2) is 102 Å². The highest BCUT2D eigenvalue weighted by Gasteiger charge is 2.45. The number of allylic oxidation sites excluding steroid dienone is 5. The molecule has 2 unspecified atom stereocenters. The Kier molecular flexibility index (Phi) is 14.0. The number of likely N-dealkylation sites (tertiary alicyclic amines) is 1. The van der Waals surface area contributed by atoms with Gasteiger partial charge in [0, 0.05) is 54.4 Å². The van der Waals surface area contributed by atoms with Gasteiger partial charge in [0.1, 0.15) is 35.0 Å². The van der Waals surface area contributed by atoms with Crippen LogP contribution in [0.25, 0.3) is 16.3 Å². The van der Waals surface area contributed by atoms with Crippen molar-refractivity contribution in [3.05, 3.63) is 81.8 Å². The molecule has 2 aromatic carbocycles. The van der Waals surface area contributed by atoms with Gasteiger partial charge in [0.05, 0.1) is 32.1 Å². The van der Waals surface area contributed by atoms with Crippen molar-refractivity contribution in [3.8, 4) is 5.75 Å². The zero-order valence-electron chi connectivity index (χ0n) is 35.6. The van der Waals surface area contributed by atoms with Crippen molar-refractivity contribution in [1.82, 2.24) is 9.80 Å². The molecule has 1 saturated carbocycles. The van der Waals surface area contributed by atoms with E-state index in [0.29, 0.717) is 108 Å². The lowest BCUT2D eigenvalue weighted by Crippen LogP contribution is -2.46. The van der Waals surface area contributed by atoms with Crippen LogP contribution in [0.5, 0.6) is 5.75 Å². The van der Waals surface area contributed by atoms with E-state index in [0.717, 1.165) is 38.9 Å². The average molecular weight is 805 g/mol. The summed E-state index contributed by atoms with van der Waals surface area (Å²) in [6.07, 6.45) is 8.93. The maximum atomic E-state index is 17.9. The maximum absolute atomic E-state index is 17.9. The number of phenols is 1. The van der Waals surface area contributed by atoms with Gasteiger partial charge >= 0.3 is 0 Å². The summed E-state index contributed by atoms with van der Waals surface area (Å²) >= 11 is 0. The first-order valence-corrected chi connectivity index (χ1v) is 21.4. The molecule has 2 N–H and O–H groups in total. The predicted octanol–water partition coefficient (Wildman–Crippen LogP) is 9.80. The Morgan fingerprint density at radius 2 is 1.86 bits per heavy atom. The summed E-state index contributed by atoms with van der Waals surface area (Å²) in [7, 11) is 0. The van der Waals surface area contributed by atoms with Crippen molar-refractivity contribution in [1.29, 1.82) is 0 Å². The fraction of sp³-hybridized carbons (Fsp3) is 0.574.